The maximum absolute atomic E-state index is 13.1. The van der Waals surface area contributed by atoms with Crippen LogP contribution in [0.1, 0.15) is 81.1 Å². The van der Waals surface area contributed by atoms with Gasteiger partial charge in [0.05, 0.1) is 24.4 Å². The molecule has 0 heterocycles. The number of rotatable bonds is 14. The van der Waals surface area contributed by atoms with Crippen molar-refractivity contribution in [1.29, 1.82) is 0 Å². The third kappa shape index (κ3) is 10.2. The van der Waals surface area contributed by atoms with E-state index in [-0.39, 0.29) is 0 Å². The summed E-state index contributed by atoms with van der Waals surface area (Å²) < 4.78 is 53.4. The van der Waals surface area contributed by atoms with Crippen LogP contribution in [0.15, 0.2) is 0 Å². The van der Waals surface area contributed by atoms with Crippen molar-refractivity contribution in [3.63, 3.8) is 0 Å². The zero-order valence-electron chi connectivity index (χ0n) is 16.9. The minimum atomic E-state index is -4.13. The lowest BCUT2D eigenvalue weighted by Crippen LogP contribution is -2.16. The molecule has 0 aliphatic carbocycles. The SMILES string of the molecule is CCC(C)OP(=O)(OC(C)CC)OP(=O)(OC(C)CC)OC(C)CC. The summed E-state index contributed by atoms with van der Waals surface area (Å²) in [6.07, 6.45) is 0.817. The fourth-order valence-electron chi connectivity index (χ4n) is 1.43. The normalized spacial score (nSPS) is 21.8. The van der Waals surface area contributed by atoms with E-state index < -0.39 is 40.1 Å². The van der Waals surface area contributed by atoms with Crippen LogP contribution in [-0.4, -0.2) is 24.4 Å². The van der Waals surface area contributed by atoms with Gasteiger partial charge in [-0.15, -0.1) is 0 Å². The Bertz CT molecular complexity index is 386. The monoisotopic (exact) mass is 402 g/mol. The highest BCUT2D eigenvalue weighted by Crippen LogP contribution is 2.68. The van der Waals surface area contributed by atoms with Gasteiger partial charge in [0.15, 0.2) is 0 Å². The largest absolute Gasteiger partial charge is 0.484 e. The van der Waals surface area contributed by atoms with Crippen molar-refractivity contribution in [2.45, 2.75) is 105 Å². The first-order valence-corrected chi connectivity index (χ1v) is 12.1. The molecule has 0 saturated carbocycles. The van der Waals surface area contributed by atoms with Crippen LogP contribution < -0.4 is 0 Å². The van der Waals surface area contributed by atoms with E-state index in [4.69, 9.17) is 22.4 Å². The number of phosphoric ester groups is 2. The van der Waals surface area contributed by atoms with Crippen LogP contribution in [-0.2, 0) is 31.5 Å². The van der Waals surface area contributed by atoms with E-state index >= 15 is 0 Å². The van der Waals surface area contributed by atoms with Gasteiger partial charge >= 0.3 is 15.6 Å². The molecule has 0 fully saturated rings. The molecule has 152 valence electrons. The Hall–Kier alpha value is 0.260. The molecule has 0 N–H and O–H groups in total. The van der Waals surface area contributed by atoms with E-state index in [0.29, 0.717) is 25.7 Å². The molecule has 0 aromatic heterocycles. The fraction of sp³-hybridized carbons (Fsp3) is 1.00. The molecule has 4 unspecified atom stereocenters. The maximum Gasteiger partial charge on any atom is 0.484 e. The van der Waals surface area contributed by atoms with Crippen molar-refractivity contribution >= 4 is 15.6 Å². The van der Waals surface area contributed by atoms with Gasteiger partial charge in [-0.05, 0) is 53.4 Å². The first kappa shape index (κ1) is 25.3. The Morgan fingerprint density at radius 3 is 0.920 bits per heavy atom. The van der Waals surface area contributed by atoms with Crippen molar-refractivity contribution < 1.29 is 31.5 Å². The molecular weight excluding hydrogens is 366 g/mol. The summed E-state index contributed by atoms with van der Waals surface area (Å²) in [6, 6.07) is 0. The Kier molecular flexibility index (Phi) is 12.0. The van der Waals surface area contributed by atoms with Crippen LogP contribution in [0.5, 0.6) is 0 Å². The van der Waals surface area contributed by atoms with Crippen LogP contribution >= 0.6 is 15.6 Å². The lowest BCUT2D eigenvalue weighted by Gasteiger charge is -2.29. The predicted molar refractivity (Wildman–Crippen MR) is 99.7 cm³/mol. The molecule has 0 spiro atoms. The molecule has 0 aliphatic rings. The summed E-state index contributed by atoms with van der Waals surface area (Å²) in [5.74, 6) is 0. The second-order valence-corrected chi connectivity index (χ2v) is 9.56. The molecule has 7 nitrogen and oxygen atoms in total. The van der Waals surface area contributed by atoms with Gasteiger partial charge in [-0.1, -0.05) is 27.7 Å². The molecule has 25 heavy (non-hydrogen) atoms. The Morgan fingerprint density at radius 1 is 0.560 bits per heavy atom. The molecule has 0 saturated heterocycles. The molecule has 0 bridgehead atoms. The number of hydrogen-bond donors (Lipinski definition) is 0. The summed E-state index contributed by atoms with van der Waals surface area (Å²) in [4.78, 5) is 0. The standard InChI is InChI=1S/C16H36O7P2/c1-9-13(5)19-24(17,20-14(6)10-2)23-25(18,21-15(7)11-3)22-16(8)12-4/h13-16H,9-12H2,1-8H3. The van der Waals surface area contributed by atoms with Crippen molar-refractivity contribution in [3.8, 4) is 0 Å². The van der Waals surface area contributed by atoms with Gasteiger partial charge in [0.2, 0.25) is 0 Å². The average Bonchev–Trinajstić information content (AvgIpc) is 2.52. The van der Waals surface area contributed by atoms with Gasteiger partial charge in [0, 0.05) is 0 Å². The molecule has 0 aromatic carbocycles. The van der Waals surface area contributed by atoms with Crippen molar-refractivity contribution in [2.24, 2.45) is 0 Å². The minimum Gasteiger partial charge on any atom is -0.284 e. The zero-order chi connectivity index (χ0) is 19.7. The summed E-state index contributed by atoms with van der Waals surface area (Å²) in [5.41, 5.74) is 0. The summed E-state index contributed by atoms with van der Waals surface area (Å²) in [6.45, 7) is 14.5. The molecule has 4 atom stereocenters. The molecule has 0 radical (unpaired) electrons. The molecule has 0 rings (SSSR count). The topological polar surface area (TPSA) is 80.3 Å². The van der Waals surface area contributed by atoms with E-state index in [1.54, 1.807) is 27.7 Å². The third-order valence-corrected chi connectivity index (χ3v) is 7.81. The summed E-state index contributed by atoms with van der Waals surface area (Å²) in [5, 5.41) is 0. The van der Waals surface area contributed by atoms with Crippen molar-refractivity contribution in [1.82, 2.24) is 0 Å². The van der Waals surface area contributed by atoms with Gasteiger partial charge in [-0.25, -0.2) is 9.13 Å². The lowest BCUT2D eigenvalue weighted by molar-refractivity contribution is 0.0495. The molecule has 9 heteroatoms. The van der Waals surface area contributed by atoms with E-state index in [2.05, 4.69) is 0 Å². The lowest BCUT2D eigenvalue weighted by atomic mass is 10.3. The minimum absolute atomic E-state index is 0.393. The van der Waals surface area contributed by atoms with E-state index in [1.807, 2.05) is 27.7 Å². The summed E-state index contributed by atoms with van der Waals surface area (Å²) >= 11 is 0. The van der Waals surface area contributed by atoms with Crippen molar-refractivity contribution in [3.05, 3.63) is 0 Å². The van der Waals surface area contributed by atoms with E-state index in [1.165, 1.54) is 0 Å². The highest BCUT2D eigenvalue weighted by Gasteiger charge is 2.44. The number of hydrogen-bond acceptors (Lipinski definition) is 7. The number of phosphoric acid groups is 2. The highest BCUT2D eigenvalue weighted by atomic mass is 31.3. The quantitative estimate of drug-likeness (QED) is 0.308. The van der Waals surface area contributed by atoms with Crippen molar-refractivity contribution in [2.75, 3.05) is 0 Å². The second-order valence-electron chi connectivity index (χ2n) is 6.27. The van der Waals surface area contributed by atoms with Crippen LogP contribution in [0.4, 0.5) is 0 Å². The van der Waals surface area contributed by atoms with Crippen LogP contribution in [0.2, 0.25) is 0 Å². The maximum atomic E-state index is 13.1. The molecule has 0 aromatic rings. The second kappa shape index (κ2) is 11.9. The zero-order valence-corrected chi connectivity index (χ0v) is 18.7. The molecular formula is C16H36O7P2. The van der Waals surface area contributed by atoms with E-state index in [9.17, 15) is 9.13 Å². The predicted octanol–water partition coefficient (Wildman–Crippen LogP) is 6.48. The Balaban J connectivity index is 5.54. The molecule has 0 aliphatic heterocycles. The average molecular weight is 402 g/mol. The Morgan fingerprint density at radius 2 is 0.760 bits per heavy atom. The van der Waals surface area contributed by atoms with Gasteiger partial charge in [0.25, 0.3) is 0 Å². The first-order valence-electron chi connectivity index (χ1n) is 9.17. The summed E-state index contributed by atoms with van der Waals surface area (Å²) in [7, 11) is -8.27. The van der Waals surface area contributed by atoms with Crippen LogP contribution in [0.25, 0.3) is 0 Å². The fourth-order valence-corrected chi connectivity index (χ4v) is 5.48. The smallest absolute Gasteiger partial charge is 0.284 e. The van der Waals surface area contributed by atoms with Gasteiger partial charge in [-0.3, -0.25) is 18.1 Å². The van der Waals surface area contributed by atoms with Crippen LogP contribution in [0, 0.1) is 0 Å². The molecule has 0 amide bonds. The Labute approximate surface area is 153 Å². The first-order chi connectivity index (χ1) is 11.5. The van der Waals surface area contributed by atoms with Crippen LogP contribution in [0.3, 0.4) is 0 Å². The van der Waals surface area contributed by atoms with E-state index in [0.717, 1.165) is 0 Å². The third-order valence-electron chi connectivity index (χ3n) is 3.74. The van der Waals surface area contributed by atoms with Gasteiger partial charge < -0.3 is 0 Å². The highest BCUT2D eigenvalue weighted by molar-refractivity contribution is 7.62. The van der Waals surface area contributed by atoms with Gasteiger partial charge in [-0.2, -0.15) is 4.31 Å². The van der Waals surface area contributed by atoms with Gasteiger partial charge in [0.1, 0.15) is 0 Å².